The highest BCUT2D eigenvalue weighted by Crippen LogP contribution is 2.31. The monoisotopic (exact) mass is 494 g/mol. The lowest BCUT2D eigenvalue weighted by molar-refractivity contribution is 0.102. The van der Waals surface area contributed by atoms with Gasteiger partial charge in [0.1, 0.15) is 0 Å². The summed E-state index contributed by atoms with van der Waals surface area (Å²) in [6.45, 7) is 0.809. The van der Waals surface area contributed by atoms with Gasteiger partial charge in [0.15, 0.2) is 17.3 Å². The van der Waals surface area contributed by atoms with E-state index >= 15 is 0 Å². The normalized spacial score (nSPS) is 10.5. The minimum Gasteiger partial charge on any atom is -0.493 e. The number of benzene rings is 4. The van der Waals surface area contributed by atoms with Crippen molar-refractivity contribution in [1.82, 2.24) is 0 Å². The van der Waals surface area contributed by atoms with E-state index in [0.29, 0.717) is 33.9 Å². The highest BCUT2D eigenvalue weighted by molar-refractivity contribution is 6.11. The average molecular weight is 495 g/mol. The van der Waals surface area contributed by atoms with Crippen LogP contribution in [0.5, 0.6) is 11.5 Å². The molecule has 0 spiro atoms. The summed E-state index contributed by atoms with van der Waals surface area (Å²) in [5.74, 6) is 1.02. The first-order valence-corrected chi connectivity index (χ1v) is 12.0. The number of amides is 1. The molecule has 0 aliphatic heterocycles. The third-order valence-electron chi connectivity index (χ3n) is 6.18. The van der Waals surface area contributed by atoms with E-state index in [1.165, 1.54) is 0 Å². The number of ketones is 1. The number of hydrogen-bond donors (Lipinski definition) is 1. The van der Waals surface area contributed by atoms with Crippen LogP contribution in [0.3, 0.4) is 0 Å². The maximum absolute atomic E-state index is 12.8. The van der Waals surface area contributed by atoms with Crippen molar-refractivity contribution in [2.45, 2.75) is 6.42 Å². The molecule has 37 heavy (non-hydrogen) atoms. The van der Waals surface area contributed by atoms with Crippen molar-refractivity contribution in [1.29, 1.82) is 0 Å². The Bertz CT molecular complexity index is 1370. The summed E-state index contributed by atoms with van der Waals surface area (Å²) in [6, 6.07) is 29.5. The Hall–Kier alpha value is -4.58. The van der Waals surface area contributed by atoms with E-state index in [2.05, 4.69) is 10.2 Å². The second kappa shape index (κ2) is 11.9. The van der Waals surface area contributed by atoms with Gasteiger partial charge in [0, 0.05) is 47.7 Å². The Morgan fingerprint density at radius 1 is 0.730 bits per heavy atom. The second-order valence-electron chi connectivity index (χ2n) is 8.64. The largest absolute Gasteiger partial charge is 0.493 e. The van der Waals surface area contributed by atoms with Crippen molar-refractivity contribution in [3.05, 3.63) is 119 Å². The summed E-state index contributed by atoms with van der Waals surface area (Å²) >= 11 is 0. The van der Waals surface area contributed by atoms with Crippen molar-refractivity contribution in [3.8, 4) is 11.5 Å². The Morgan fingerprint density at radius 2 is 1.41 bits per heavy atom. The lowest BCUT2D eigenvalue weighted by Crippen LogP contribution is -2.20. The fourth-order valence-corrected chi connectivity index (χ4v) is 4.00. The Kier molecular flexibility index (Phi) is 8.21. The third kappa shape index (κ3) is 6.35. The third-order valence-corrected chi connectivity index (χ3v) is 6.18. The van der Waals surface area contributed by atoms with Crippen LogP contribution in [0.4, 0.5) is 11.4 Å². The number of nitrogens with zero attached hydrogens (tertiary/aromatic N) is 1. The Morgan fingerprint density at radius 3 is 2.11 bits per heavy atom. The van der Waals surface area contributed by atoms with Crippen LogP contribution in [-0.4, -0.2) is 39.5 Å². The number of methoxy groups -OCH3 is 2. The van der Waals surface area contributed by atoms with E-state index in [-0.39, 0.29) is 11.7 Å². The fraction of sp³-hybridized carbons (Fsp3) is 0.161. The molecule has 1 N–H and O–H groups in total. The standard InChI is InChI=1S/C31H30N2O4/c1-33(27-16-17-28(36-2)29(21-27)37-3)19-18-22-12-14-26(15-13-22)32-31(35)25-11-7-10-24(20-25)30(34)23-8-5-4-6-9-23/h4-17,20-21H,18-19H2,1-3H3,(H,32,35). The molecule has 6 heteroatoms. The zero-order valence-electron chi connectivity index (χ0n) is 21.2. The lowest BCUT2D eigenvalue weighted by atomic mass is 10.0. The quantitative estimate of drug-likeness (QED) is 0.280. The zero-order valence-corrected chi connectivity index (χ0v) is 21.2. The van der Waals surface area contributed by atoms with Gasteiger partial charge in [-0.1, -0.05) is 54.6 Å². The molecule has 188 valence electrons. The molecule has 0 fully saturated rings. The molecule has 6 nitrogen and oxygen atoms in total. The van der Waals surface area contributed by atoms with Crippen LogP contribution in [-0.2, 0) is 6.42 Å². The predicted molar refractivity (Wildman–Crippen MR) is 147 cm³/mol. The molecule has 0 atom stereocenters. The molecular weight excluding hydrogens is 464 g/mol. The van der Waals surface area contributed by atoms with Crippen molar-refractivity contribution < 1.29 is 19.1 Å². The molecule has 0 saturated heterocycles. The highest BCUT2D eigenvalue weighted by Gasteiger charge is 2.13. The average Bonchev–Trinajstić information content (AvgIpc) is 2.96. The fourth-order valence-electron chi connectivity index (χ4n) is 4.00. The molecule has 4 rings (SSSR count). The van der Waals surface area contributed by atoms with Gasteiger partial charge >= 0.3 is 0 Å². The van der Waals surface area contributed by atoms with Crippen molar-refractivity contribution in [2.24, 2.45) is 0 Å². The summed E-state index contributed by atoms with van der Waals surface area (Å²) in [6.07, 6.45) is 0.836. The molecule has 0 saturated carbocycles. The molecule has 0 unspecified atom stereocenters. The minimum absolute atomic E-state index is 0.113. The summed E-state index contributed by atoms with van der Waals surface area (Å²) in [4.78, 5) is 27.7. The van der Waals surface area contributed by atoms with Crippen LogP contribution >= 0.6 is 0 Å². The molecule has 0 heterocycles. The summed E-state index contributed by atoms with van der Waals surface area (Å²) in [7, 11) is 5.28. The van der Waals surface area contributed by atoms with Gasteiger partial charge in [0.25, 0.3) is 5.91 Å². The van der Waals surface area contributed by atoms with Gasteiger partial charge in [-0.25, -0.2) is 0 Å². The summed E-state index contributed by atoms with van der Waals surface area (Å²) in [5.41, 5.74) is 4.39. The number of rotatable bonds is 10. The zero-order chi connectivity index (χ0) is 26.2. The molecule has 1 amide bonds. The van der Waals surface area contributed by atoms with E-state index in [9.17, 15) is 9.59 Å². The van der Waals surface area contributed by atoms with Gasteiger partial charge < -0.3 is 19.7 Å². The lowest BCUT2D eigenvalue weighted by Gasteiger charge is -2.21. The van der Waals surface area contributed by atoms with E-state index in [4.69, 9.17) is 9.47 Å². The van der Waals surface area contributed by atoms with Crippen LogP contribution < -0.4 is 19.7 Å². The van der Waals surface area contributed by atoms with Gasteiger partial charge in [-0.15, -0.1) is 0 Å². The van der Waals surface area contributed by atoms with Crippen LogP contribution in [0, 0.1) is 0 Å². The van der Waals surface area contributed by atoms with Gasteiger partial charge in [-0.2, -0.15) is 0 Å². The number of carbonyl (C=O) groups is 2. The Balaban J connectivity index is 1.35. The van der Waals surface area contributed by atoms with Crippen LogP contribution in [0.15, 0.2) is 97.1 Å². The van der Waals surface area contributed by atoms with Gasteiger partial charge in [0.2, 0.25) is 0 Å². The molecule has 0 aliphatic carbocycles. The van der Waals surface area contributed by atoms with Crippen molar-refractivity contribution >= 4 is 23.1 Å². The number of nitrogens with one attached hydrogen (secondary N) is 1. The van der Waals surface area contributed by atoms with Gasteiger partial charge in [-0.05, 0) is 48.4 Å². The molecule has 4 aromatic carbocycles. The molecular formula is C31H30N2O4. The minimum atomic E-state index is -0.261. The number of carbonyl (C=O) groups excluding carboxylic acids is 2. The summed E-state index contributed by atoms with van der Waals surface area (Å²) in [5, 5.41) is 2.92. The smallest absolute Gasteiger partial charge is 0.255 e. The van der Waals surface area contributed by atoms with E-state index in [1.54, 1.807) is 50.6 Å². The second-order valence-corrected chi connectivity index (χ2v) is 8.64. The van der Waals surface area contributed by atoms with Crippen LogP contribution in [0.1, 0.15) is 31.8 Å². The first kappa shape index (κ1) is 25.5. The summed E-state index contributed by atoms with van der Waals surface area (Å²) < 4.78 is 10.7. The number of likely N-dealkylation sites (N-methyl/N-ethyl adjacent to an activating group) is 1. The number of ether oxygens (including phenoxy) is 2. The first-order valence-electron chi connectivity index (χ1n) is 12.0. The van der Waals surface area contributed by atoms with Crippen LogP contribution in [0.2, 0.25) is 0 Å². The van der Waals surface area contributed by atoms with E-state index in [1.807, 2.05) is 67.7 Å². The maximum atomic E-state index is 12.8. The van der Waals surface area contributed by atoms with Gasteiger partial charge in [0.05, 0.1) is 14.2 Å². The van der Waals surface area contributed by atoms with Gasteiger partial charge in [-0.3, -0.25) is 9.59 Å². The topological polar surface area (TPSA) is 67.9 Å². The molecule has 0 aliphatic rings. The molecule has 0 aromatic heterocycles. The van der Waals surface area contributed by atoms with Crippen molar-refractivity contribution in [3.63, 3.8) is 0 Å². The molecule has 4 aromatic rings. The predicted octanol–water partition coefficient (Wildman–Crippen LogP) is 5.87. The van der Waals surface area contributed by atoms with E-state index < -0.39 is 0 Å². The molecule has 0 bridgehead atoms. The highest BCUT2D eigenvalue weighted by atomic mass is 16.5. The van der Waals surface area contributed by atoms with E-state index in [0.717, 1.165) is 24.2 Å². The number of hydrogen-bond acceptors (Lipinski definition) is 5. The first-order chi connectivity index (χ1) is 18.0. The number of anilines is 2. The Labute approximate surface area is 217 Å². The SMILES string of the molecule is COc1ccc(N(C)CCc2ccc(NC(=O)c3cccc(C(=O)c4ccccc4)c3)cc2)cc1OC. The van der Waals surface area contributed by atoms with Crippen molar-refractivity contribution in [2.75, 3.05) is 38.0 Å². The van der Waals surface area contributed by atoms with Crippen LogP contribution in [0.25, 0.3) is 0 Å². The molecule has 0 radical (unpaired) electrons. The maximum Gasteiger partial charge on any atom is 0.255 e.